The van der Waals surface area contributed by atoms with E-state index in [0.717, 1.165) is 11.3 Å². The van der Waals surface area contributed by atoms with Gasteiger partial charge in [0.2, 0.25) is 0 Å². The largest absolute Gasteiger partial charge is 0.467 e. The van der Waals surface area contributed by atoms with E-state index in [-0.39, 0.29) is 5.91 Å². The van der Waals surface area contributed by atoms with Crippen LogP contribution in [0.3, 0.4) is 0 Å². The summed E-state index contributed by atoms with van der Waals surface area (Å²) in [4.78, 5) is 14.2. The number of nitrogens with zero attached hydrogens (tertiary/aromatic N) is 1. The highest BCUT2D eigenvalue weighted by atomic mass is 16.3. The summed E-state index contributed by atoms with van der Waals surface area (Å²) in [5.41, 5.74) is 1.06. The first-order chi connectivity index (χ1) is 10.3. The van der Waals surface area contributed by atoms with Crippen LogP contribution in [0.5, 0.6) is 0 Å². The topological polar surface area (TPSA) is 46.6 Å². The van der Waals surface area contributed by atoms with Crippen LogP contribution in [0, 0.1) is 0 Å². The molecule has 0 aliphatic carbocycles. The molecule has 0 saturated heterocycles. The first-order valence-corrected chi connectivity index (χ1v) is 6.72. The van der Waals surface area contributed by atoms with Gasteiger partial charge < -0.3 is 13.7 Å². The lowest BCUT2D eigenvalue weighted by atomic mass is 10.2. The molecule has 0 radical (unpaired) electrons. The number of benzene rings is 1. The summed E-state index contributed by atoms with van der Waals surface area (Å²) in [7, 11) is 0. The van der Waals surface area contributed by atoms with Gasteiger partial charge in [-0.05, 0) is 29.8 Å². The van der Waals surface area contributed by atoms with Crippen LogP contribution in [0.1, 0.15) is 21.9 Å². The van der Waals surface area contributed by atoms with Crippen molar-refractivity contribution >= 4 is 5.91 Å². The average Bonchev–Trinajstić information content (AvgIpc) is 3.20. The Morgan fingerprint density at radius 3 is 2.29 bits per heavy atom. The molecule has 1 aromatic carbocycles. The van der Waals surface area contributed by atoms with Crippen molar-refractivity contribution in [1.82, 2.24) is 4.90 Å². The molecule has 0 bridgehead atoms. The van der Waals surface area contributed by atoms with Gasteiger partial charge in [0.15, 0.2) is 5.76 Å². The van der Waals surface area contributed by atoms with Crippen LogP contribution >= 0.6 is 0 Å². The van der Waals surface area contributed by atoms with Crippen molar-refractivity contribution in [1.29, 1.82) is 0 Å². The van der Waals surface area contributed by atoms with E-state index in [4.69, 9.17) is 8.83 Å². The molecule has 0 aliphatic heterocycles. The number of amides is 1. The Bertz CT molecular complexity index is 672. The quantitative estimate of drug-likeness (QED) is 0.716. The Kier molecular flexibility index (Phi) is 3.87. The van der Waals surface area contributed by atoms with Crippen molar-refractivity contribution in [3.8, 4) is 0 Å². The van der Waals surface area contributed by atoms with Gasteiger partial charge in [-0.3, -0.25) is 4.79 Å². The molecule has 21 heavy (non-hydrogen) atoms. The van der Waals surface area contributed by atoms with Crippen molar-refractivity contribution < 1.29 is 13.6 Å². The maximum atomic E-state index is 12.5. The van der Waals surface area contributed by atoms with Crippen LogP contribution in [0.4, 0.5) is 0 Å². The standard InChI is InChI=1S/C17H15NO3/c19-17(16-9-5-11-21-16)18(13-15-8-4-10-20-15)12-14-6-2-1-3-7-14/h1-11H,12-13H2. The third kappa shape index (κ3) is 3.23. The second-order valence-corrected chi connectivity index (χ2v) is 4.70. The summed E-state index contributed by atoms with van der Waals surface area (Å²) in [6.07, 6.45) is 3.11. The van der Waals surface area contributed by atoms with Gasteiger partial charge in [-0.1, -0.05) is 30.3 Å². The smallest absolute Gasteiger partial charge is 0.290 e. The Morgan fingerprint density at radius 1 is 0.857 bits per heavy atom. The van der Waals surface area contributed by atoms with Gasteiger partial charge in [0, 0.05) is 6.54 Å². The third-order valence-electron chi connectivity index (χ3n) is 3.16. The lowest BCUT2D eigenvalue weighted by molar-refractivity contribution is 0.0685. The van der Waals surface area contributed by atoms with Crippen LogP contribution in [-0.4, -0.2) is 10.8 Å². The normalized spacial score (nSPS) is 10.5. The summed E-state index contributed by atoms with van der Waals surface area (Å²) in [5, 5.41) is 0. The lowest BCUT2D eigenvalue weighted by Gasteiger charge is -2.20. The molecule has 3 aromatic rings. The van der Waals surface area contributed by atoms with E-state index in [9.17, 15) is 4.79 Å². The fourth-order valence-corrected chi connectivity index (χ4v) is 2.15. The molecule has 0 aliphatic rings. The molecule has 0 spiro atoms. The number of carbonyl (C=O) groups excluding carboxylic acids is 1. The molecule has 4 nitrogen and oxygen atoms in total. The molecule has 0 atom stereocenters. The van der Waals surface area contributed by atoms with Crippen molar-refractivity contribution in [2.75, 3.05) is 0 Å². The Morgan fingerprint density at radius 2 is 1.62 bits per heavy atom. The first kappa shape index (κ1) is 13.2. The second kappa shape index (κ2) is 6.13. The van der Waals surface area contributed by atoms with Gasteiger partial charge in [0.1, 0.15) is 5.76 Å². The number of carbonyl (C=O) groups is 1. The van der Waals surface area contributed by atoms with E-state index in [1.807, 2.05) is 42.5 Å². The summed E-state index contributed by atoms with van der Waals surface area (Å²) in [5.74, 6) is 0.920. The Balaban J connectivity index is 1.82. The summed E-state index contributed by atoms with van der Waals surface area (Å²) in [6, 6.07) is 16.9. The van der Waals surface area contributed by atoms with Crippen molar-refractivity contribution in [3.05, 3.63) is 84.2 Å². The van der Waals surface area contributed by atoms with Gasteiger partial charge in [0.25, 0.3) is 5.91 Å². The van der Waals surface area contributed by atoms with Gasteiger partial charge in [-0.25, -0.2) is 0 Å². The molecule has 0 N–H and O–H groups in total. The minimum absolute atomic E-state index is 0.153. The van der Waals surface area contributed by atoms with Crippen molar-refractivity contribution in [3.63, 3.8) is 0 Å². The van der Waals surface area contributed by atoms with E-state index in [0.29, 0.717) is 18.8 Å². The average molecular weight is 281 g/mol. The minimum atomic E-state index is -0.153. The SMILES string of the molecule is O=C(c1ccco1)N(Cc1ccccc1)Cc1ccco1. The highest BCUT2D eigenvalue weighted by molar-refractivity contribution is 5.91. The molecule has 0 fully saturated rings. The summed E-state index contributed by atoms with van der Waals surface area (Å²) in [6.45, 7) is 0.905. The maximum absolute atomic E-state index is 12.5. The zero-order chi connectivity index (χ0) is 14.5. The highest BCUT2D eigenvalue weighted by Crippen LogP contribution is 2.14. The van der Waals surface area contributed by atoms with Crippen molar-refractivity contribution in [2.24, 2.45) is 0 Å². The molecule has 1 amide bonds. The zero-order valence-corrected chi connectivity index (χ0v) is 11.4. The number of rotatable bonds is 5. The maximum Gasteiger partial charge on any atom is 0.290 e. The van der Waals surface area contributed by atoms with Crippen molar-refractivity contribution in [2.45, 2.75) is 13.1 Å². The van der Waals surface area contributed by atoms with Gasteiger partial charge in [0.05, 0.1) is 19.1 Å². The molecule has 0 unspecified atom stereocenters. The van der Waals surface area contributed by atoms with E-state index in [2.05, 4.69) is 0 Å². The fraction of sp³-hybridized carbons (Fsp3) is 0.118. The van der Waals surface area contributed by atoms with E-state index in [1.54, 1.807) is 23.3 Å². The van der Waals surface area contributed by atoms with Crippen LogP contribution < -0.4 is 0 Å². The van der Waals surface area contributed by atoms with E-state index in [1.165, 1.54) is 6.26 Å². The molecule has 106 valence electrons. The van der Waals surface area contributed by atoms with Crippen LogP contribution in [0.15, 0.2) is 76.0 Å². The number of hydrogen-bond acceptors (Lipinski definition) is 3. The van der Waals surface area contributed by atoms with Crippen LogP contribution in [0.25, 0.3) is 0 Å². The monoisotopic (exact) mass is 281 g/mol. The molecule has 2 heterocycles. The zero-order valence-electron chi connectivity index (χ0n) is 11.4. The highest BCUT2D eigenvalue weighted by Gasteiger charge is 2.19. The molecule has 3 rings (SSSR count). The van der Waals surface area contributed by atoms with Gasteiger partial charge in [-0.2, -0.15) is 0 Å². The molecule has 4 heteroatoms. The number of furan rings is 2. The van der Waals surface area contributed by atoms with Crippen LogP contribution in [-0.2, 0) is 13.1 Å². The van der Waals surface area contributed by atoms with Gasteiger partial charge >= 0.3 is 0 Å². The minimum Gasteiger partial charge on any atom is -0.467 e. The molecular weight excluding hydrogens is 266 g/mol. The predicted octanol–water partition coefficient (Wildman–Crippen LogP) is 3.72. The van der Waals surface area contributed by atoms with E-state index < -0.39 is 0 Å². The summed E-state index contributed by atoms with van der Waals surface area (Å²) >= 11 is 0. The predicted molar refractivity (Wildman–Crippen MR) is 77.4 cm³/mol. The number of hydrogen-bond donors (Lipinski definition) is 0. The van der Waals surface area contributed by atoms with Crippen LogP contribution in [0.2, 0.25) is 0 Å². The summed E-state index contributed by atoms with van der Waals surface area (Å²) < 4.78 is 10.6. The lowest BCUT2D eigenvalue weighted by Crippen LogP contribution is -2.29. The second-order valence-electron chi connectivity index (χ2n) is 4.70. The van der Waals surface area contributed by atoms with E-state index >= 15 is 0 Å². The molecule has 2 aromatic heterocycles. The fourth-order valence-electron chi connectivity index (χ4n) is 2.15. The van der Waals surface area contributed by atoms with Gasteiger partial charge in [-0.15, -0.1) is 0 Å². The Hall–Kier alpha value is -2.75. The molecule has 0 saturated carbocycles. The Labute approximate surface area is 122 Å². The third-order valence-corrected chi connectivity index (χ3v) is 3.16. The molecular formula is C17H15NO3. The first-order valence-electron chi connectivity index (χ1n) is 6.72.